The van der Waals surface area contributed by atoms with Crippen molar-refractivity contribution >= 4 is 5.91 Å². The molecule has 0 fully saturated rings. The average Bonchev–Trinajstić information content (AvgIpc) is 2.43. The molecule has 0 radical (unpaired) electrons. The smallest absolute Gasteiger partial charge is 0.251 e. The second-order valence-electron chi connectivity index (χ2n) is 5.41. The van der Waals surface area contributed by atoms with E-state index >= 15 is 0 Å². The van der Waals surface area contributed by atoms with E-state index in [4.69, 9.17) is 10.8 Å². The SMILES string of the molecule is CC(C)(CCCO)CNC(=O)c1ccnc(CN)c1. The predicted molar refractivity (Wildman–Crippen MR) is 74.6 cm³/mol. The van der Waals surface area contributed by atoms with Gasteiger partial charge in [0.2, 0.25) is 0 Å². The normalized spacial score (nSPS) is 11.4. The summed E-state index contributed by atoms with van der Waals surface area (Å²) in [7, 11) is 0. The van der Waals surface area contributed by atoms with Crippen LogP contribution in [0.1, 0.15) is 42.7 Å². The van der Waals surface area contributed by atoms with Gasteiger partial charge in [0.25, 0.3) is 5.91 Å². The molecule has 0 saturated carbocycles. The average molecular weight is 265 g/mol. The lowest BCUT2D eigenvalue weighted by Crippen LogP contribution is -2.34. The Kier molecular flexibility index (Phi) is 5.92. The molecule has 0 atom stereocenters. The van der Waals surface area contributed by atoms with E-state index in [-0.39, 0.29) is 17.9 Å². The lowest BCUT2D eigenvalue weighted by atomic mass is 9.88. The number of nitrogens with two attached hydrogens (primary N) is 1. The van der Waals surface area contributed by atoms with E-state index in [1.807, 2.05) is 0 Å². The first-order valence-corrected chi connectivity index (χ1v) is 6.52. The van der Waals surface area contributed by atoms with Crippen LogP contribution in [0.25, 0.3) is 0 Å². The fourth-order valence-corrected chi connectivity index (χ4v) is 1.80. The lowest BCUT2D eigenvalue weighted by Gasteiger charge is -2.24. The van der Waals surface area contributed by atoms with Crippen molar-refractivity contribution in [2.45, 2.75) is 33.2 Å². The van der Waals surface area contributed by atoms with E-state index < -0.39 is 0 Å². The van der Waals surface area contributed by atoms with Crippen molar-refractivity contribution in [1.82, 2.24) is 10.3 Å². The Morgan fingerprint density at radius 1 is 1.53 bits per heavy atom. The topological polar surface area (TPSA) is 88.2 Å². The third-order valence-corrected chi connectivity index (χ3v) is 3.03. The van der Waals surface area contributed by atoms with Gasteiger partial charge in [0.05, 0.1) is 5.69 Å². The Bertz CT molecular complexity index is 419. The number of rotatable bonds is 7. The van der Waals surface area contributed by atoms with Crippen LogP contribution in [0.15, 0.2) is 18.3 Å². The molecule has 4 N–H and O–H groups in total. The van der Waals surface area contributed by atoms with Crippen LogP contribution < -0.4 is 11.1 Å². The highest BCUT2D eigenvalue weighted by Gasteiger charge is 2.18. The van der Waals surface area contributed by atoms with Crippen molar-refractivity contribution in [3.63, 3.8) is 0 Å². The Hall–Kier alpha value is -1.46. The van der Waals surface area contributed by atoms with Gasteiger partial charge in [-0.3, -0.25) is 9.78 Å². The van der Waals surface area contributed by atoms with E-state index in [2.05, 4.69) is 24.1 Å². The minimum atomic E-state index is -0.117. The highest BCUT2D eigenvalue weighted by molar-refractivity contribution is 5.94. The summed E-state index contributed by atoms with van der Waals surface area (Å²) in [5, 5.41) is 11.7. The quantitative estimate of drug-likeness (QED) is 0.688. The maximum absolute atomic E-state index is 12.0. The third kappa shape index (κ3) is 5.36. The Morgan fingerprint density at radius 2 is 2.26 bits per heavy atom. The van der Waals surface area contributed by atoms with Crippen LogP contribution in [-0.2, 0) is 6.54 Å². The Balaban J connectivity index is 2.55. The molecule has 106 valence electrons. The molecule has 0 aliphatic rings. The fourth-order valence-electron chi connectivity index (χ4n) is 1.80. The molecule has 1 aromatic heterocycles. The van der Waals surface area contributed by atoms with Gasteiger partial charge in [0.1, 0.15) is 0 Å². The summed E-state index contributed by atoms with van der Waals surface area (Å²) in [5.74, 6) is -0.117. The van der Waals surface area contributed by atoms with Crippen LogP contribution >= 0.6 is 0 Å². The molecule has 5 heteroatoms. The Labute approximate surface area is 114 Å². The number of aromatic nitrogens is 1. The van der Waals surface area contributed by atoms with Gasteiger partial charge < -0.3 is 16.2 Å². The third-order valence-electron chi connectivity index (χ3n) is 3.03. The summed E-state index contributed by atoms with van der Waals surface area (Å²) in [6.07, 6.45) is 3.21. The maximum atomic E-state index is 12.0. The summed E-state index contributed by atoms with van der Waals surface area (Å²) < 4.78 is 0. The number of amides is 1. The van der Waals surface area contributed by atoms with Crippen LogP contribution in [0.3, 0.4) is 0 Å². The van der Waals surface area contributed by atoms with Crippen molar-refractivity contribution in [2.75, 3.05) is 13.2 Å². The van der Waals surface area contributed by atoms with Crippen molar-refractivity contribution in [2.24, 2.45) is 11.1 Å². The molecule has 1 heterocycles. The second kappa shape index (κ2) is 7.21. The van der Waals surface area contributed by atoms with Crippen LogP contribution in [0.2, 0.25) is 0 Å². The molecule has 5 nitrogen and oxygen atoms in total. The molecule has 0 aliphatic carbocycles. The molecule has 0 spiro atoms. The van der Waals surface area contributed by atoms with Gasteiger partial charge >= 0.3 is 0 Å². The van der Waals surface area contributed by atoms with E-state index in [0.29, 0.717) is 24.3 Å². The standard InChI is InChI=1S/C14H23N3O2/c1-14(2,5-3-7-18)10-17-13(19)11-4-6-16-12(8-11)9-15/h4,6,8,18H,3,5,7,9-10,15H2,1-2H3,(H,17,19). The van der Waals surface area contributed by atoms with E-state index in [9.17, 15) is 4.79 Å². The molecular formula is C14H23N3O2. The van der Waals surface area contributed by atoms with Gasteiger partial charge in [-0.15, -0.1) is 0 Å². The zero-order valence-corrected chi connectivity index (χ0v) is 11.6. The zero-order valence-electron chi connectivity index (χ0n) is 11.6. The highest BCUT2D eigenvalue weighted by Crippen LogP contribution is 2.20. The maximum Gasteiger partial charge on any atom is 0.251 e. The molecule has 0 aliphatic heterocycles. The first kappa shape index (κ1) is 15.6. The number of hydrogen-bond donors (Lipinski definition) is 3. The predicted octanol–water partition coefficient (Wildman–Crippen LogP) is 1.07. The lowest BCUT2D eigenvalue weighted by molar-refractivity contribution is 0.0932. The molecule has 0 bridgehead atoms. The van der Waals surface area contributed by atoms with Gasteiger partial charge in [0.15, 0.2) is 0 Å². The highest BCUT2D eigenvalue weighted by atomic mass is 16.2. The van der Waals surface area contributed by atoms with Crippen LogP contribution in [-0.4, -0.2) is 29.1 Å². The minimum absolute atomic E-state index is 0.0257. The van der Waals surface area contributed by atoms with Crippen molar-refractivity contribution in [3.8, 4) is 0 Å². The molecule has 0 unspecified atom stereocenters. The zero-order chi connectivity index (χ0) is 14.3. The number of carbonyl (C=O) groups is 1. The van der Waals surface area contributed by atoms with Gasteiger partial charge in [-0.1, -0.05) is 13.8 Å². The molecule has 19 heavy (non-hydrogen) atoms. The first-order chi connectivity index (χ1) is 8.98. The summed E-state index contributed by atoms with van der Waals surface area (Å²) in [6.45, 7) is 5.22. The van der Waals surface area contributed by atoms with Crippen LogP contribution in [0.4, 0.5) is 0 Å². The van der Waals surface area contributed by atoms with Gasteiger partial charge in [-0.25, -0.2) is 0 Å². The van der Waals surface area contributed by atoms with Gasteiger partial charge in [-0.2, -0.15) is 0 Å². The van der Waals surface area contributed by atoms with Crippen LogP contribution in [0.5, 0.6) is 0 Å². The summed E-state index contributed by atoms with van der Waals surface area (Å²) in [4.78, 5) is 16.1. The summed E-state index contributed by atoms with van der Waals surface area (Å²) >= 11 is 0. The molecule has 0 saturated heterocycles. The van der Waals surface area contributed by atoms with Crippen molar-refractivity contribution < 1.29 is 9.90 Å². The van der Waals surface area contributed by atoms with Gasteiger partial charge in [-0.05, 0) is 30.4 Å². The fraction of sp³-hybridized carbons (Fsp3) is 0.571. The van der Waals surface area contributed by atoms with Gasteiger partial charge in [0, 0.05) is 31.5 Å². The number of carbonyl (C=O) groups excluding carboxylic acids is 1. The van der Waals surface area contributed by atoms with E-state index in [0.717, 1.165) is 12.8 Å². The number of pyridine rings is 1. The number of nitrogens with one attached hydrogen (secondary N) is 1. The largest absolute Gasteiger partial charge is 0.396 e. The number of aliphatic hydroxyl groups is 1. The Morgan fingerprint density at radius 3 is 2.89 bits per heavy atom. The van der Waals surface area contributed by atoms with Crippen molar-refractivity contribution in [1.29, 1.82) is 0 Å². The van der Waals surface area contributed by atoms with E-state index in [1.54, 1.807) is 18.3 Å². The molecule has 1 amide bonds. The number of hydrogen-bond acceptors (Lipinski definition) is 4. The number of aliphatic hydroxyl groups excluding tert-OH is 1. The summed E-state index contributed by atoms with van der Waals surface area (Å²) in [6, 6.07) is 3.38. The minimum Gasteiger partial charge on any atom is -0.396 e. The van der Waals surface area contributed by atoms with E-state index in [1.165, 1.54) is 0 Å². The molecule has 0 aromatic carbocycles. The molecule has 1 aromatic rings. The number of nitrogens with zero attached hydrogens (tertiary/aromatic N) is 1. The summed E-state index contributed by atoms with van der Waals surface area (Å²) in [5.41, 5.74) is 6.75. The van der Waals surface area contributed by atoms with Crippen molar-refractivity contribution in [3.05, 3.63) is 29.6 Å². The van der Waals surface area contributed by atoms with Crippen LogP contribution in [0, 0.1) is 5.41 Å². The first-order valence-electron chi connectivity index (χ1n) is 6.52. The second-order valence-corrected chi connectivity index (χ2v) is 5.41. The molecule has 1 rings (SSSR count). The monoisotopic (exact) mass is 265 g/mol. The molecular weight excluding hydrogens is 242 g/mol.